The van der Waals surface area contributed by atoms with Gasteiger partial charge in [-0.05, 0) is 32.2 Å². The summed E-state index contributed by atoms with van der Waals surface area (Å²) in [6.07, 6.45) is 0.656. The highest BCUT2D eigenvalue weighted by molar-refractivity contribution is 7.16. The molecule has 1 aromatic carbocycles. The average Bonchev–Trinajstić information content (AvgIpc) is 3.46. The summed E-state index contributed by atoms with van der Waals surface area (Å²) in [6.45, 7) is 1.90. The maximum absolute atomic E-state index is 15.5. The summed E-state index contributed by atoms with van der Waals surface area (Å²) in [5.41, 5.74) is 2.14. The van der Waals surface area contributed by atoms with Crippen molar-refractivity contribution in [2.45, 2.75) is 56.3 Å². The molecule has 4 heterocycles. The molecule has 11 heteroatoms. The van der Waals surface area contributed by atoms with Crippen LogP contribution in [0.5, 0.6) is 10.9 Å². The lowest BCUT2D eigenvalue weighted by molar-refractivity contribution is -0.167. The van der Waals surface area contributed by atoms with Gasteiger partial charge in [-0.15, -0.1) is 5.10 Å². The van der Waals surface area contributed by atoms with E-state index in [0.717, 1.165) is 11.4 Å². The number of ether oxygens (including phenoxy) is 3. The molecule has 9 nitrogen and oxygen atoms in total. The van der Waals surface area contributed by atoms with E-state index < -0.39 is 18.3 Å². The van der Waals surface area contributed by atoms with Crippen LogP contribution in [0, 0.1) is 6.92 Å². The molecule has 0 saturated carbocycles. The van der Waals surface area contributed by atoms with Gasteiger partial charge in [0.05, 0.1) is 35.2 Å². The van der Waals surface area contributed by atoms with Crippen molar-refractivity contribution in [3.63, 3.8) is 0 Å². The predicted molar refractivity (Wildman–Crippen MR) is 124 cm³/mol. The molecule has 0 amide bonds. The summed E-state index contributed by atoms with van der Waals surface area (Å²) < 4.78 is 34.5. The summed E-state index contributed by atoms with van der Waals surface area (Å²) >= 11 is 1.17. The normalized spacial score (nSPS) is 29.3. The van der Waals surface area contributed by atoms with E-state index in [2.05, 4.69) is 15.3 Å². The van der Waals surface area contributed by atoms with E-state index in [9.17, 15) is 5.11 Å². The number of likely N-dealkylation sites (N-methyl/N-ethyl adjacent to an activating group) is 1. The lowest BCUT2D eigenvalue weighted by Gasteiger charge is -2.53. The second kappa shape index (κ2) is 9.21. The molecule has 0 aliphatic carbocycles. The molecule has 34 heavy (non-hydrogen) atoms. The number of hydrogen-bond acceptors (Lipinski definition) is 9. The van der Waals surface area contributed by atoms with Crippen LogP contribution in [0.25, 0.3) is 16.3 Å². The van der Waals surface area contributed by atoms with Crippen molar-refractivity contribution >= 4 is 11.3 Å². The summed E-state index contributed by atoms with van der Waals surface area (Å²) in [5, 5.41) is 24.0. The number of phenols is 1. The number of halogens is 1. The van der Waals surface area contributed by atoms with Gasteiger partial charge in [-0.25, -0.2) is 9.07 Å². The van der Waals surface area contributed by atoms with Crippen LogP contribution in [0.1, 0.15) is 18.5 Å². The topological polar surface area (TPSA) is 94.8 Å². The van der Waals surface area contributed by atoms with Gasteiger partial charge < -0.3 is 19.3 Å². The molecule has 2 aromatic heterocycles. The van der Waals surface area contributed by atoms with Gasteiger partial charge in [-0.3, -0.25) is 4.90 Å². The van der Waals surface area contributed by atoms with Gasteiger partial charge in [0.2, 0.25) is 0 Å². The molecule has 0 radical (unpaired) electrons. The smallest absolute Gasteiger partial charge is 0.294 e. The second-order valence-electron chi connectivity index (χ2n) is 8.82. The van der Waals surface area contributed by atoms with Crippen molar-refractivity contribution in [1.29, 1.82) is 0 Å². The molecule has 2 fully saturated rings. The molecule has 2 bridgehead atoms. The zero-order chi connectivity index (χ0) is 24.0. The minimum Gasteiger partial charge on any atom is -0.507 e. The Hall–Kier alpha value is -2.60. The molecule has 2 aliphatic rings. The minimum absolute atomic E-state index is 0.0216. The Morgan fingerprint density at radius 2 is 1.88 bits per heavy atom. The number of alkyl halides is 1. The van der Waals surface area contributed by atoms with E-state index in [1.807, 2.05) is 37.2 Å². The third kappa shape index (κ3) is 4.06. The first-order valence-electron chi connectivity index (χ1n) is 11.2. The van der Waals surface area contributed by atoms with Gasteiger partial charge in [0.1, 0.15) is 11.9 Å². The highest BCUT2D eigenvalue weighted by atomic mass is 32.1. The van der Waals surface area contributed by atoms with Crippen molar-refractivity contribution in [2.75, 3.05) is 21.3 Å². The molecule has 6 unspecified atom stereocenters. The Morgan fingerprint density at radius 1 is 1.09 bits per heavy atom. The van der Waals surface area contributed by atoms with E-state index in [-0.39, 0.29) is 29.2 Å². The van der Waals surface area contributed by atoms with Gasteiger partial charge in [-0.1, -0.05) is 16.4 Å². The van der Waals surface area contributed by atoms with E-state index >= 15 is 4.39 Å². The van der Waals surface area contributed by atoms with Crippen LogP contribution in [-0.4, -0.2) is 87.8 Å². The summed E-state index contributed by atoms with van der Waals surface area (Å²) in [5.74, 6) is 0.0522. The highest BCUT2D eigenvalue weighted by Gasteiger charge is 2.53. The second-order valence-corrected chi connectivity index (χ2v) is 9.76. The van der Waals surface area contributed by atoms with Crippen molar-refractivity contribution < 1.29 is 23.7 Å². The molecule has 6 atom stereocenters. The molecule has 182 valence electrons. The van der Waals surface area contributed by atoms with Crippen molar-refractivity contribution in [3.8, 4) is 27.2 Å². The van der Waals surface area contributed by atoms with Gasteiger partial charge in [0, 0.05) is 45.4 Å². The number of rotatable bonds is 6. The summed E-state index contributed by atoms with van der Waals surface area (Å²) in [4.78, 5) is 2.02. The lowest BCUT2D eigenvalue weighted by Crippen LogP contribution is -2.68. The van der Waals surface area contributed by atoms with Crippen LogP contribution in [0.3, 0.4) is 0 Å². The molecule has 0 spiro atoms. The number of methoxy groups -OCH3 is 2. The van der Waals surface area contributed by atoms with Gasteiger partial charge in [0.25, 0.3) is 5.19 Å². The number of benzene rings is 1. The summed E-state index contributed by atoms with van der Waals surface area (Å²) in [7, 11) is 5.19. The number of phenolic OH excluding ortho intramolecular Hbond substituents is 1. The van der Waals surface area contributed by atoms with E-state index in [0.29, 0.717) is 23.4 Å². The van der Waals surface area contributed by atoms with Crippen molar-refractivity contribution in [2.24, 2.45) is 0 Å². The minimum atomic E-state index is -1.25. The Morgan fingerprint density at radius 3 is 2.56 bits per heavy atom. The van der Waals surface area contributed by atoms with Crippen LogP contribution >= 0.6 is 11.3 Å². The summed E-state index contributed by atoms with van der Waals surface area (Å²) in [6, 6.07) is 6.71. The molecule has 3 aromatic rings. The predicted octanol–water partition coefficient (Wildman–Crippen LogP) is 3.00. The first kappa shape index (κ1) is 23.2. The fourth-order valence-corrected chi connectivity index (χ4v) is 5.89. The molecule has 1 N–H and O–H groups in total. The maximum atomic E-state index is 15.5. The van der Waals surface area contributed by atoms with Crippen molar-refractivity contribution in [1.82, 2.24) is 24.9 Å². The standard InChI is InChI=1S/C23H28FN5O4S/c1-12-7-8-29(27-12)13-5-6-14(16(30)9-13)22-25-26-23(34-22)33-18-10-15-17(31-3)11-19(32-4)21(20(18)24)28(15)2/h5-9,15,17-21,30H,10-11H2,1-4H3. The molecule has 2 aliphatic heterocycles. The van der Waals surface area contributed by atoms with Gasteiger partial charge in [-0.2, -0.15) is 5.10 Å². The van der Waals surface area contributed by atoms with Gasteiger partial charge >= 0.3 is 0 Å². The first-order valence-corrected chi connectivity index (χ1v) is 12.0. The van der Waals surface area contributed by atoms with Crippen LogP contribution < -0.4 is 4.74 Å². The third-order valence-electron chi connectivity index (χ3n) is 6.89. The van der Waals surface area contributed by atoms with Gasteiger partial charge in [0.15, 0.2) is 11.2 Å². The number of fused-ring (bicyclic) bond motifs is 2. The number of aromatic nitrogens is 4. The average molecular weight is 490 g/mol. The van der Waals surface area contributed by atoms with Crippen LogP contribution in [0.15, 0.2) is 30.5 Å². The van der Waals surface area contributed by atoms with E-state index in [1.54, 1.807) is 31.0 Å². The number of piperidine rings is 2. The zero-order valence-corrected chi connectivity index (χ0v) is 20.3. The Balaban J connectivity index is 1.34. The Kier molecular flexibility index (Phi) is 6.28. The van der Waals surface area contributed by atoms with Crippen LogP contribution in [-0.2, 0) is 9.47 Å². The fraction of sp³-hybridized carbons (Fsp3) is 0.522. The van der Waals surface area contributed by atoms with E-state index in [4.69, 9.17) is 14.2 Å². The lowest BCUT2D eigenvalue weighted by atomic mass is 9.78. The highest BCUT2D eigenvalue weighted by Crippen LogP contribution is 2.40. The number of hydrogen-bond donors (Lipinski definition) is 1. The first-order chi connectivity index (χ1) is 16.4. The molecular formula is C23H28FN5O4S. The third-order valence-corrected chi connectivity index (χ3v) is 7.73. The zero-order valence-electron chi connectivity index (χ0n) is 19.5. The molecule has 2 saturated heterocycles. The quantitative estimate of drug-likeness (QED) is 0.565. The van der Waals surface area contributed by atoms with E-state index in [1.165, 1.54) is 11.3 Å². The molecular weight excluding hydrogens is 461 g/mol. The largest absolute Gasteiger partial charge is 0.507 e. The fourth-order valence-electron chi connectivity index (χ4n) is 5.11. The maximum Gasteiger partial charge on any atom is 0.294 e. The van der Waals surface area contributed by atoms with Crippen LogP contribution in [0.2, 0.25) is 0 Å². The SMILES string of the molecule is COC1CC(OC)C2C(F)C(Oc3nnc(-c4ccc(-n5ccc(C)n5)cc4O)s3)CC1N2C. The number of nitrogens with zero attached hydrogens (tertiary/aromatic N) is 5. The van der Waals surface area contributed by atoms with Crippen molar-refractivity contribution in [3.05, 3.63) is 36.2 Å². The monoisotopic (exact) mass is 489 g/mol. The Labute approximate surface area is 201 Å². The van der Waals surface area contributed by atoms with Crippen LogP contribution in [0.4, 0.5) is 4.39 Å². The number of aromatic hydroxyl groups is 1. The molecule has 5 rings (SSSR count). The number of aryl methyl sites for hydroxylation is 1. The Bertz CT molecular complexity index is 1150.